The first-order valence-electron chi connectivity index (χ1n) is 15.4. The van der Waals surface area contributed by atoms with Gasteiger partial charge in [-0.3, -0.25) is 0 Å². The molecular formula is C39H37NO4. The highest BCUT2D eigenvalue weighted by molar-refractivity contribution is 5.76. The standard InChI is InChI=1S/C39H37NO4/c1-28-2-12-33(13-3-28)40(34-14-4-29(5-15-34)22-24-41-36-18-8-31(9-19-36)38-26-43-38)35-16-6-30(7-17-35)23-25-42-37-20-10-32(11-21-37)39-27-44-39/h2-21,38-39H,22-27H2,1H3. The van der Waals surface area contributed by atoms with Gasteiger partial charge in [0.2, 0.25) is 0 Å². The first kappa shape index (κ1) is 28.2. The van der Waals surface area contributed by atoms with Gasteiger partial charge in [-0.15, -0.1) is 0 Å². The number of hydrogen-bond donors (Lipinski definition) is 0. The SMILES string of the molecule is Cc1ccc(N(c2ccc(CCOc3ccc(C4CO4)cc3)cc2)c2ccc(CCOc3ccc(C4CO4)cc3)cc2)cc1. The summed E-state index contributed by atoms with van der Waals surface area (Å²) in [4.78, 5) is 2.30. The van der Waals surface area contributed by atoms with Crippen molar-refractivity contribution in [3.05, 3.63) is 149 Å². The molecule has 5 nitrogen and oxygen atoms in total. The average Bonchev–Trinajstić information content (AvgIpc) is 3.99. The lowest BCUT2D eigenvalue weighted by atomic mass is 10.1. The molecule has 5 heteroatoms. The van der Waals surface area contributed by atoms with Gasteiger partial charge in [0, 0.05) is 29.9 Å². The topological polar surface area (TPSA) is 46.8 Å². The maximum absolute atomic E-state index is 6.01. The summed E-state index contributed by atoms with van der Waals surface area (Å²) in [6.45, 7) is 5.03. The second-order valence-corrected chi connectivity index (χ2v) is 11.5. The van der Waals surface area contributed by atoms with Crippen molar-refractivity contribution in [2.75, 3.05) is 31.3 Å². The van der Waals surface area contributed by atoms with Gasteiger partial charge in [0.15, 0.2) is 0 Å². The first-order chi connectivity index (χ1) is 21.7. The number of ether oxygens (including phenoxy) is 4. The smallest absolute Gasteiger partial charge is 0.119 e. The van der Waals surface area contributed by atoms with E-state index < -0.39 is 0 Å². The van der Waals surface area contributed by atoms with Gasteiger partial charge in [-0.1, -0.05) is 66.2 Å². The maximum Gasteiger partial charge on any atom is 0.119 e. The normalized spacial score (nSPS) is 16.8. The third kappa shape index (κ3) is 7.13. The predicted molar refractivity (Wildman–Crippen MR) is 175 cm³/mol. The lowest BCUT2D eigenvalue weighted by molar-refractivity contribution is 0.321. The molecule has 0 aliphatic carbocycles. The van der Waals surface area contributed by atoms with E-state index in [1.54, 1.807) is 0 Å². The predicted octanol–water partition coefficient (Wildman–Crippen LogP) is 8.85. The maximum atomic E-state index is 6.01. The number of rotatable bonds is 13. The molecule has 0 spiro atoms. The Morgan fingerprint density at radius 3 is 1.25 bits per heavy atom. The van der Waals surface area contributed by atoms with Crippen LogP contribution in [0.2, 0.25) is 0 Å². The average molecular weight is 584 g/mol. The van der Waals surface area contributed by atoms with E-state index in [-0.39, 0.29) is 12.2 Å². The number of epoxide rings is 2. The molecule has 2 saturated heterocycles. The number of aryl methyl sites for hydroxylation is 1. The summed E-state index contributed by atoms with van der Waals surface area (Å²) in [7, 11) is 0. The lowest BCUT2D eigenvalue weighted by Gasteiger charge is -2.26. The molecular weight excluding hydrogens is 546 g/mol. The van der Waals surface area contributed by atoms with Crippen LogP contribution in [0.1, 0.15) is 40.0 Å². The van der Waals surface area contributed by atoms with Gasteiger partial charge >= 0.3 is 0 Å². The number of anilines is 3. The van der Waals surface area contributed by atoms with Crippen LogP contribution < -0.4 is 14.4 Å². The number of nitrogens with zero attached hydrogens (tertiary/aromatic N) is 1. The summed E-state index contributed by atoms with van der Waals surface area (Å²) in [5.41, 5.74) is 9.53. The van der Waals surface area contributed by atoms with E-state index in [9.17, 15) is 0 Å². The Hall–Kier alpha value is -4.58. The van der Waals surface area contributed by atoms with Crippen molar-refractivity contribution in [1.29, 1.82) is 0 Å². The molecule has 2 unspecified atom stereocenters. The number of benzene rings is 5. The summed E-state index contributed by atoms with van der Waals surface area (Å²) < 4.78 is 22.7. The van der Waals surface area contributed by atoms with Gasteiger partial charge in [-0.2, -0.15) is 0 Å². The van der Waals surface area contributed by atoms with Crippen LogP contribution in [0.25, 0.3) is 0 Å². The second kappa shape index (κ2) is 13.0. The van der Waals surface area contributed by atoms with E-state index in [1.165, 1.54) is 27.8 Å². The summed E-state index contributed by atoms with van der Waals surface area (Å²) in [6, 6.07) is 42.7. The van der Waals surface area contributed by atoms with Gasteiger partial charge in [0.05, 0.1) is 26.4 Å². The van der Waals surface area contributed by atoms with Crippen LogP contribution in [0.5, 0.6) is 11.5 Å². The highest BCUT2D eigenvalue weighted by Crippen LogP contribution is 2.35. The monoisotopic (exact) mass is 583 g/mol. The fraction of sp³-hybridized carbons (Fsp3) is 0.231. The van der Waals surface area contributed by atoms with Crippen LogP contribution in [0.15, 0.2) is 121 Å². The van der Waals surface area contributed by atoms with Crippen molar-refractivity contribution in [2.45, 2.75) is 32.0 Å². The zero-order valence-corrected chi connectivity index (χ0v) is 25.0. The fourth-order valence-electron chi connectivity index (χ4n) is 5.38. The molecule has 2 aliphatic heterocycles. The van der Waals surface area contributed by atoms with Crippen LogP contribution in [0, 0.1) is 6.92 Å². The van der Waals surface area contributed by atoms with Crippen molar-refractivity contribution in [1.82, 2.24) is 0 Å². The molecule has 2 fully saturated rings. The molecule has 0 saturated carbocycles. The molecule has 5 aromatic rings. The molecule has 222 valence electrons. The molecule has 0 radical (unpaired) electrons. The highest BCUT2D eigenvalue weighted by Gasteiger charge is 2.25. The molecule has 44 heavy (non-hydrogen) atoms. The van der Waals surface area contributed by atoms with Crippen molar-refractivity contribution >= 4 is 17.1 Å². The zero-order valence-electron chi connectivity index (χ0n) is 25.0. The van der Waals surface area contributed by atoms with Crippen molar-refractivity contribution in [3.63, 3.8) is 0 Å². The zero-order chi connectivity index (χ0) is 29.7. The van der Waals surface area contributed by atoms with E-state index in [2.05, 4.69) is 109 Å². The molecule has 2 heterocycles. The molecule has 0 aromatic heterocycles. The first-order valence-corrected chi connectivity index (χ1v) is 15.4. The Kier molecular flexibility index (Phi) is 8.31. The molecule has 0 bridgehead atoms. The van der Waals surface area contributed by atoms with Crippen molar-refractivity contribution in [3.8, 4) is 11.5 Å². The van der Waals surface area contributed by atoms with E-state index in [0.717, 1.165) is 54.6 Å². The van der Waals surface area contributed by atoms with Gasteiger partial charge in [-0.25, -0.2) is 0 Å². The van der Waals surface area contributed by atoms with Gasteiger partial charge in [-0.05, 0) is 89.8 Å². The fourth-order valence-corrected chi connectivity index (χ4v) is 5.38. The molecule has 5 aromatic carbocycles. The Labute approximate surface area is 259 Å². The van der Waals surface area contributed by atoms with Gasteiger partial charge < -0.3 is 23.8 Å². The minimum atomic E-state index is 0.274. The minimum absolute atomic E-state index is 0.274. The third-order valence-electron chi connectivity index (χ3n) is 8.17. The van der Waals surface area contributed by atoms with Crippen LogP contribution in [-0.4, -0.2) is 26.4 Å². The van der Waals surface area contributed by atoms with Crippen molar-refractivity contribution < 1.29 is 18.9 Å². The van der Waals surface area contributed by atoms with Gasteiger partial charge in [0.1, 0.15) is 23.7 Å². The van der Waals surface area contributed by atoms with E-state index in [1.807, 2.05) is 24.3 Å². The van der Waals surface area contributed by atoms with E-state index in [4.69, 9.17) is 18.9 Å². The third-order valence-corrected chi connectivity index (χ3v) is 8.17. The Bertz CT molecular complexity index is 1530. The second-order valence-electron chi connectivity index (χ2n) is 11.5. The summed E-state index contributed by atoms with van der Waals surface area (Å²) in [6.07, 6.45) is 2.23. The Balaban J connectivity index is 0.983. The Morgan fingerprint density at radius 1 is 0.523 bits per heavy atom. The molecule has 2 atom stereocenters. The summed E-state index contributed by atoms with van der Waals surface area (Å²) >= 11 is 0. The molecule has 2 aliphatic rings. The molecule has 0 amide bonds. The molecule has 7 rings (SSSR count). The Morgan fingerprint density at radius 2 is 0.886 bits per heavy atom. The van der Waals surface area contributed by atoms with E-state index in [0.29, 0.717) is 13.2 Å². The molecule has 0 N–H and O–H groups in total. The number of hydrogen-bond acceptors (Lipinski definition) is 5. The highest BCUT2D eigenvalue weighted by atomic mass is 16.6. The quantitative estimate of drug-likeness (QED) is 0.130. The van der Waals surface area contributed by atoms with Crippen LogP contribution in [0.3, 0.4) is 0 Å². The summed E-state index contributed by atoms with van der Waals surface area (Å²) in [5.74, 6) is 1.79. The lowest BCUT2D eigenvalue weighted by Crippen LogP contribution is -2.10. The summed E-state index contributed by atoms with van der Waals surface area (Å²) in [5, 5.41) is 0. The minimum Gasteiger partial charge on any atom is -0.493 e. The van der Waals surface area contributed by atoms with Crippen LogP contribution in [0.4, 0.5) is 17.1 Å². The van der Waals surface area contributed by atoms with Crippen LogP contribution in [-0.2, 0) is 22.3 Å². The largest absolute Gasteiger partial charge is 0.493 e. The van der Waals surface area contributed by atoms with Crippen LogP contribution >= 0.6 is 0 Å². The van der Waals surface area contributed by atoms with Gasteiger partial charge in [0.25, 0.3) is 0 Å². The van der Waals surface area contributed by atoms with Crippen molar-refractivity contribution in [2.24, 2.45) is 0 Å². The van der Waals surface area contributed by atoms with E-state index >= 15 is 0 Å².